The second-order valence-electron chi connectivity index (χ2n) is 7.31. The maximum absolute atomic E-state index is 12.4. The Morgan fingerprint density at radius 3 is 2.83 bits per heavy atom. The summed E-state index contributed by atoms with van der Waals surface area (Å²) in [5.41, 5.74) is 0.533. The van der Waals surface area contributed by atoms with Gasteiger partial charge in [-0.2, -0.15) is 0 Å². The van der Waals surface area contributed by atoms with Gasteiger partial charge in [0.15, 0.2) is 5.82 Å². The molecule has 0 saturated carbocycles. The van der Waals surface area contributed by atoms with Gasteiger partial charge in [0.2, 0.25) is 0 Å². The number of fused-ring (bicyclic) bond motifs is 1. The molecule has 1 aliphatic rings. The maximum atomic E-state index is 12.4. The fourth-order valence-electron chi connectivity index (χ4n) is 3.63. The van der Waals surface area contributed by atoms with Crippen LogP contribution < -0.4 is 5.32 Å². The fourth-order valence-corrected chi connectivity index (χ4v) is 3.63. The molecule has 0 aromatic carbocycles. The van der Waals surface area contributed by atoms with Crippen molar-refractivity contribution >= 4 is 5.91 Å². The number of aryl methyl sites for hydroxylation is 1. The van der Waals surface area contributed by atoms with Crippen molar-refractivity contribution in [3.8, 4) is 0 Å². The quantitative estimate of drug-likeness (QED) is 0.690. The molecule has 3 aromatic rings. The van der Waals surface area contributed by atoms with E-state index in [4.69, 9.17) is 4.42 Å². The number of carbonyl (C=O) groups is 1. The monoisotopic (exact) mass is 394 g/mol. The third-order valence-electron chi connectivity index (χ3n) is 5.25. The molecule has 0 bridgehead atoms. The van der Waals surface area contributed by atoms with Gasteiger partial charge in [-0.05, 0) is 31.2 Å². The Kier molecular flexibility index (Phi) is 5.71. The molecular weight excluding hydrogens is 368 g/mol. The van der Waals surface area contributed by atoms with Crippen molar-refractivity contribution in [1.82, 2.24) is 30.0 Å². The van der Waals surface area contributed by atoms with E-state index in [2.05, 4.69) is 43.0 Å². The summed E-state index contributed by atoms with van der Waals surface area (Å²) in [5.74, 6) is 3.59. The van der Waals surface area contributed by atoms with Crippen LogP contribution in [0.2, 0.25) is 0 Å². The van der Waals surface area contributed by atoms with Gasteiger partial charge in [0.1, 0.15) is 17.3 Å². The van der Waals surface area contributed by atoms with Crippen LogP contribution in [0.5, 0.6) is 0 Å². The molecule has 8 nitrogen and oxygen atoms in total. The highest BCUT2D eigenvalue weighted by molar-refractivity contribution is 5.93. The summed E-state index contributed by atoms with van der Waals surface area (Å²) in [6, 6.07) is 7.36. The van der Waals surface area contributed by atoms with Crippen molar-refractivity contribution in [2.24, 2.45) is 0 Å². The summed E-state index contributed by atoms with van der Waals surface area (Å²) in [5, 5.41) is 11.7. The number of nitrogens with zero attached hydrogens (tertiary/aromatic N) is 5. The minimum absolute atomic E-state index is 0.164. The predicted octanol–water partition coefficient (Wildman–Crippen LogP) is 2.38. The molecule has 4 rings (SSSR count). The van der Waals surface area contributed by atoms with Gasteiger partial charge >= 0.3 is 0 Å². The lowest BCUT2D eigenvalue weighted by atomic mass is 10.2. The van der Waals surface area contributed by atoms with Gasteiger partial charge in [-0.3, -0.25) is 14.7 Å². The molecule has 4 heterocycles. The summed E-state index contributed by atoms with van der Waals surface area (Å²) < 4.78 is 7.99. The highest BCUT2D eigenvalue weighted by atomic mass is 16.3. The average Bonchev–Trinajstić information content (AvgIpc) is 3.32. The standard InChI is InChI=1S/C21H26N6O2/c1-3-17-6-7-18(29-17)14-26-10-8-19-24-25-20(27(19)12-11-26)15(2)23-21(28)16-5-4-9-22-13-16/h4-7,9,13,15H,3,8,10-12,14H2,1-2H3,(H,23,28)/t15-/m0/s1. The molecule has 1 N–H and O–H groups in total. The van der Waals surface area contributed by atoms with Crippen LogP contribution in [-0.4, -0.2) is 43.6 Å². The number of hydrogen-bond acceptors (Lipinski definition) is 6. The Balaban J connectivity index is 1.41. The zero-order valence-corrected chi connectivity index (χ0v) is 16.8. The molecule has 0 radical (unpaired) electrons. The highest BCUT2D eigenvalue weighted by Crippen LogP contribution is 2.18. The van der Waals surface area contributed by atoms with E-state index < -0.39 is 0 Å². The van der Waals surface area contributed by atoms with E-state index in [-0.39, 0.29) is 11.9 Å². The highest BCUT2D eigenvalue weighted by Gasteiger charge is 2.23. The second kappa shape index (κ2) is 8.57. The van der Waals surface area contributed by atoms with Crippen molar-refractivity contribution in [1.29, 1.82) is 0 Å². The summed E-state index contributed by atoms with van der Waals surface area (Å²) in [4.78, 5) is 18.8. The van der Waals surface area contributed by atoms with E-state index in [1.807, 2.05) is 13.0 Å². The summed E-state index contributed by atoms with van der Waals surface area (Å²) in [6.07, 6.45) is 4.93. The van der Waals surface area contributed by atoms with Crippen molar-refractivity contribution in [2.45, 2.75) is 45.8 Å². The van der Waals surface area contributed by atoms with Gasteiger partial charge in [0, 0.05) is 44.9 Å². The Labute approximate surface area is 170 Å². The van der Waals surface area contributed by atoms with E-state index in [9.17, 15) is 4.79 Å². The second-order valence-corrected chi connectivity index (χ2v) is 7.31. The zero-order valence-electron chi connectivity index (χ0n) is 16.8. The van der Waals surface area contributed by atoms with Crippen LogP contribution in [0.15, 0.2) is 41.1 Å². The van der Waals surface area contributed by atoms with E-state index >= 15 is 0 Å². The number of rotatable bonds is 6. The molecule has 1 atom stereocenters. The first-order valence-electron chi connectivity index (χ1n) is 10.1. The first kappa shape index (κ1) is 19.3. The largest absolute Gasteiger partial charge is 0.465 e. The van der Waals surface area contributed by atoms with Crippen molar-refractivity contribution in [2.75, 3.05) is 13.1 Å². The third kappa shape index (κ3) is 4.37. The van der Waals surface area contributed by atoms with E-state index in [1.165, 1.54) is 0 Å². The Hall–Kier alpha value is -3.00. The maximum Gasteiger partial charge on any atom is 0.253 e. The first-order valence-corrected chi connectivity index (χ1v) is 10.1. The summed E-state index contributed by atoms with van der Waals surface area (Å²) in [7, 11) is 0. The van der Waals surface area contributed by atoms with Crippen molar-refractivity contribution < 1.29 is 9.21 Å². The average molecular weight is 394 g/mol. The molecule has 0 fully saturated rings. The first-order chi connectivity index (χ1) is 14.1. The number of pyridine rings is 1. The Bertz CT molecular complexity index is 965. The Morgan fingerprint density at radius 1 is 1.21 bits per heavy atom. The zero-order chi connectivity index (χ0) is 20.2. The van der Waals surface area contributed by atoms with Crippen LogP contribution in [0, 0.1) is 0 Å². The van der Waals surface area contributed by atoms with Gasteiger partial charge in [0.25, 0.3) is 5.91 Å². The number of furan rings is 1. The number of nitrogens with one attached hydrogen (secondary N) is 1. The lowest BCUT2D eigenvalue weighted by Gasteiger charge is -2.19. The van der Waals surface area contributed by atoms with Crippen molar-refractivity contribution in [3.05, 3.63) is 65.4 Å². The third-order valence-corrected chi connectivity index (χ3v) is 5.25. The minimum Gasteiger partial charge on any atom is -0.465 e. The molecule has 1 aliphatic heterocycles. The van der Waals surface area contributed by atoms with Crippen LogP contribution in [-0.2, 0) is 25.9 Å². The van der Waals surface area contributed by atoms with Crippen LogP contribution in [0.3, 0.4) is 0 Å². The molecular formula is C21H26N6O2. The van der Waals surface area contributed by atoms with Crippen LogP contribution >= 0.6 is 0 Å². The fraction of sp³-hybridized carbons (Fsp3) is 0.429. The molecule has 152 valence electrons. The molecule has 3 aromatic heterocycles. The van der Waals surface area contributed by atoms with Gasteiger partial charge in [-0.15, -0.1) is 10.2 Å². The number of hydrogen-bond donors (Lipinski definition) is 1. The van der Waals surface area contributed by atoms with Gasteiger partial charge < -0.3 is 14.3 Å². The van der Waals surface area contributed by atoms with Crippen LogP contribution in [0.25, 0.3) is 0 Å². The minimum atomic E-state index is -0.243. The topological polar surface area (TPSA) is 89.1 Å². The van der Waals surface area contributed by atoms with Gasteiger partial charge in [-0.1, -0.05) is 6.92 Å². The number of carbonyl (C=O) groups excluding carboxylic acids is 1. The molecule has 0 saturated heterocycles. The molecule has 1 amide bonds. The number of aromatic nitrogens is 4. The molecule has 8 heteroatoms. The van der Waals surface area contributed by atoms with Gasteiger partial charge in [-0.25, -0.2) is 0 Å². The van der Waals surface area contributed by atoms with Crippen molar-refractivity contribution in [3.63, 3.8) is 0 Å². The normalized spacial score (nSPS) is 15.5. The molecule has 0 aliphatic carbocycles. The molecule has 0 spiro atoms. The van der Waals surface area contributed by atoms with E-state index in [0.29, 0.717) is 5.56 Å². The molecule has 29 heavy (non-hydrogen) atoms. The lowest BCUT2D eigenvalue weighted by Crippen LogP contribution is -2.30. The Morgan fingerprint density at radius 2 is 2.07 bits per heavy atom. The number of amides is 1. The predicted molar refractivity (Wildman–Crippen MR) is 107 cm³/mol. The van der Waals surface area contributed by atoms with Crippen LogP contribution in [0.1, 0.15) is 53.4 Å². The van der Waals surface area contributed by atoms with E-state index in [1.54, 1.807) is 24.5 Å². The van der Waals surface area contributed by atoms with E-state index in [0.717, 1.165) is 62.2 Å². The van der Waals surface area contributed by atoms with Crippen LogP contribution in [0.4, 0.5) is 0 Å². The lowest BCUT2D eigenvalue weighted by molar-refractivity contribution is 0.0937. The summed E-state index contributed by atoms with van der Waals surface area (Å²) >= 11 is 0. The molecule has 0 unspecified atom stereocenters. The van der Waals surface area contributed by atoms with Gasteiger partial charge in [0.05, 0.1) is 18.2 Å². The SMILES string of the molecule is CCc1ccc(CN2CCc3nnc([C@H](C)NC(=O)c4cccnc4)n3CC2)o1. The smallest absolute Gasteiger partial charge is 0.253 e. The summed E-state index contributed by atoms with van der Waals surface area (Å²) in [6.45, 7) is 7.38.